The van der Waals surface area contributed by atoms with Crippen molar-refractivity contribution in [1.29, 1.82) is 0 Å². The molecular formula is C16H19N3O3. The predicted octanol–water partition coefficient (Wildman–Crippen LogP) is 1.82. The molecule has 2 amide bonds. The van der Waals surface area contributed by atoms with Crippen LogP contribution in [0.1, 0.15) is 50.6 Å². The van der Waals surface area contributed by atoms with E-state index in [0.29, 0.717) is 12.3 Å². The Morgan fingerprint density at radius 3 is 2.77 bits per heavy atom. The molecule has 1 aliphatic rings. The van der Waals surface area contributed by atoms with Gasteiger partial charge in [0.05, 0.1) is 11.0 Å². The number of aromatic amines is 1. The molecule has 1 aliphatic heterocycles. The molecule has 1 saturated heterocycles. The minimum Gasteiger partial charge on any atom is -0.305 e. The van der Waals surface area contributed by atoms with Gasteiger partial charge in [-0.3, -0.25) is 19.5 Å². The number of imidazole rings is 1. The lowest BCUT2D eigenvalue weighted by molar-refractivity contribution is -0.135. The van der Waals surface area contributed by atoms with Gasteiger partial charge in [0.15, 0.2) is 0 Å². The molecule has 2 heterocycles. The Hall–Kier alpha value is -2.37. The molecule has 2 N–H and O–H groups in total. The summed E-state index contributed by atoms with van der Waals surface area (Å²) in [5, 5.41) is 2.31. The summed E-state index contributed by atoms with van der Waals surface area (Å²) in [6, 6.07) is 5.11. The lowest BCUT2D eigenvalue weighted by Gasteiger charge is -2.22. The van der Waals surface area contributed by atoms with Crippen LogP contribution in [-0.4, -0.2) is 21.4 Å². The van der Waals surface area contributed by atoms with E-state index < -0.39 is 11.9 Å². The van der Waals surface area contributed by atoms with Crippen molar-refractivity contribution in [1.82, 2.24) is 14.9 Å². The Kier molecular flexibility index (Phi) is 3.60. The Bertz CT molecular complexity index is 803. The Labute approximate surface area is 127 Å². The number of benzene rings is 1. The van der Waals surface area contributed by atoms with Gasteiger partial charge in [-0.1, -0.05) is 26.0 Å². The number of carbonyl (C=O) groups excluding carboxylic acids is 2. The van der Waals surface area contributed by atoms with E-state index in [0.717, 1.165) is 23.0 Å². The normalized spacial score (nSPS) is 20.2. The smallest absolute Gasteiger partial charge is 0.305 e. The average molecular weight is 301 g/mol. The molecule has 0 saturated carbocycles. The van der Waals surface area contributed by atoms with Gasteiger partial charge in [-0.15, -0.1) is 0 Å². The number of fused-ring (bicyclic) bond motifs is 1. The summed E-state index contributed by atoms with van der Waals surface area (Å²) in [6.07, 6.45) is 1.57. The van der Waals surface area contributed by atoms with Crippen molar-refractivity contribution in [2.24, 2.45) is 0 Å². The molecule has 6 nitrogen and oxygen atoms in total. The average Bonchev–Trinajstić information content (AvgIpc) is 2.82. The molecule has 2 unspecified atom stereocenters. The zero-order valence-corrected chi connectivity index (χ0v) is 12.7. The number of carbonyl (C=O) groups is 2. The summed E-state index contributed by atoms with van der Waals surface area (Å²) >= 11 is 0. The number of aromatic nitrogens is 2. The third kappa shape index (κ3) is 2.24. The van der Waals surface area contributed by atoms with Gasteiger partial charge in [0, 0.05) is 6.42 Å². The second kappa shape index (κ2) is 5.44. The van der Waals surface area contributed by atoms with Crippen molar-refractivity contribution in [3.8, 4) is 0 Å². The van der Waals surface area contributed by atoms with Crippen molar-refractivity contribution < 1.29 is 9.59 Å². The Morgan fingerprint density at radius 2 is 2.09 bits per heavy atom. The minimum atomic E-state index is -0.633. The van der Waals surface area contributed by atoms with E-state index in [-0.39, 0.29) is 18.0 Å². The molecule has 22 heavy (non-hydrogen) atoms. The zero-order valence-electron chi connectivity index (χ0n) is 12.7. The first-order valence-corrected chi connectivity index (χ1v) is 7.59. The van der Waals surface area contributed by atoms with Gasteiger partial charge >= 0.3 is 5.69 Å². The molecule has 1 aromatic carbocycles. The maximum Gasteiger partial charge on any atom is 0.327 e. The van der Waals surface area contributed by atoms with Gasteiger partial charge in [-0.25, -0.2) is 4.79 Å². The summed E-state index contributed by atoms with van der Waals surface area (Å²) in [5.41, 5.74) is 2.27. The van der Waals surface area contributed by atoms with Crippen molar-refractivity contribution >= 4 is 22.8 Å². The molecular weight excluding hydrogens is 282 g/mol. The van der Waals surface area contributed by atoms with Crippen LogP contribution in [0.25, 0.3) is 11.0 Å². The standard InChI is InChI=1S/C16H19N3O3/c1-3-9(2)10-5-4-6-11-14(10)18-16(22)19(11)12-7-8-13(20)17-15(12)21/h4-6,9,12H,3,7-8H2,1-2H3,(H,18,22)(H,17,20,21). The van der Waals surface area contributed by atoms with Crippen molar-refractivity contribution in [3.05, 3.63) is 34.2 Å². The third-order valence-electron chi connectivity index (χ3n) is 4.45. The van der Waals surface area contributed by atoms with Crippen molar-refractivity contribution in [2.75, 3.05) is 0 Å². The SMILES string of the molecule is CCC(C)c1cccc2c1[nH]c(=O)n2C1CCC(=O)NC1=O. The Balaban J connectivity index is 2.15. The summed E-state index contributed by atoms with van der Waals surface area (Å²) in [6.45, 7) is 4.20. The number of H-pyrrole nitrogens is 1. The number of hydrogen-bond acceptors (Lipinski definition) is 3. The van der Waals surface area contributed by atoms with Gasteiger partial charge in [0.25, 0.3) is 0 Å². The largest absolute Gasteiger partial charge is 0.327 e. The number of nitrogens with one attached hydrogen (secondary N) is 2. The van der Waals surface area contributed by atoms with Crippen LogP contribution in [0, 0.1) is 0 Å². The lowest BCUT2D eigenvalue weighted by Crippen LogP contribution is -2.43. The highest BCUT2D eigenvalue weighted by Crippen LogP contribution is 2.28. The molecule has 6 heteroatoms. The first-order chi connectivity index (χ1) is 10.5. The van der Waals surface area contributed by atoms with Crippen molar-refractivity contribution in [2.45, 2.75) is 45.1 Å². The van der Waals surface area contributed by atoms with Gasteiger partial charge in [0.1, 0.15) is 6.04 Å². The van der Waals surface area contributed by atoms with Gasteiger partial charge in [-0.2, -0.15) is 0 Å². The van der Waals surface area contributed by atoms with E-state index in [9.17, 15) is 14.4 Å². The van der Waals surface area contributed by atoms with E-state index >= 15 is 0 Å². The first kappa shape index (κ1) is 14.6. The first-order valence-electron chi connectivity index (χ1n) is 7.59. The maximum atomic E-state index is 12.4. The van der Waals surface area contributed by atoms with Crippen LogP contribution in [0.4, 0.5) is 0 Å². The molecule has 116 valence electrons. The predicted molar refractivity (Wildman–Crippen MR) is 82.7 cm³/mol. The molecule has 0 radical (unpaired) electrons. The zero-order chi connectivity index (χ0) is 15.9. The van der Waals surface area contributed by atoms with Crippen LogP contribution in [0.15, 0.2) is 23.0 Å². The third-order valence-corrected chi connectivity index (χ3v) is 4.45. The van der Waals surface area contributed by atoms with Crippen LogP contribution in [0.3, 0.4) is 0 Å². The molecule has 0 bridgehead atoms. The molecule has 0 spiro atoms. The lowest BCUT2D eigenvalue weighted by atomic mass is 9.97. The van der Waals surface area contributed by atoms with E-state index in [1.165, 1.54) is 4.57 Å². The number of hydrogen-bond donors (Lipinski definition) is 2. The van der Waals surface area contributed by atoms with Gasteiger partial charge in [0.2, 0.25) is 11.8 Å². The second-order valence-electron chi connectivity index (χ2n) is 5.82. The molecule has 2 atom stereocenters. The van der Waals surface area contributed by atoms with E-state index in [1.54, 1.807) is 0 Å². The van der Waals surface area contributed by atoms with Crippen LogP contribution in [0.5, 0.6) is 0 Å². The monoisotopic (exact) mass is 301 g/mol. The number of imide groups is 1. The summed E-state index contributed by atoms with van der Waals surface area (Å²) in [5.74, 6) is -0.375. The minimum absolute atomic E-state index is 0.251. The van der Waals surface area contributed by atoms with Crippen LogP contribution in [-0.2, 0) is 9.59 Å². The fourth-order valence-corrected chi connectivity index (χ4v) is 3.04. The molecule has 3 rings (SSSR count). The summed E-state index contributed by atoms with van der Waals surface area (Å²) < 4.78 is 1.48. The van der Waals surface area contributed by atoms with Crippen LogP contribution < -0.4 is 11.0 Å². The highest BCUT2D eigenvalue weighted by atomic mass is 16.2. The number of nitrogens with zero attached hydrogens (tertiary/aromatic N) is 1. The van der Waals surface area contributed by atoms with Gasteiger partial charge in [-0.05, 0) is 30.4 Å². The van der Waals surface area contributed by atoms with Crippen LogP contribution in [0.2, 0.25) is 0 Å². The van der Waals surface area contributed by atoms with Gasteiger partial charge < -0.3 is 4.98 Å². The number of amides is 2. The molecule has 1 aromatic heterocycles. The highest BCUT2D eigenvalue weighted by molar-refractivity contribution is 6.00. The van der Waals surface area contributed by atoms with E-state index in [1.807, 2.05) is 18.2 Å². The number of para-hydroxylation sites is 1. The quantitative estimate of drug-likeness (QED) is 0.848. The summed E-state index contributed by atoms with van der Waals surface area (Å²) in [4.78, 5) is 38.6. The number of piperidine rings is 1. The molecule has 2 aromatic rings. The topological polar surface area (TPSA) is 84.0 Å². The molecule has 0 aliphatic carbocycles. The van der Waals surface area contributed by atoms with E-state index in [4.69, 9.17) is 0 Å². The maximum absolute atomic E-state index is 12.4. The van der Waals surface area contributed by atoms with Crippen molar-refractivity contribution in [3.63, 3.8) is 0 Å². The summed E-state index contributed by atoms with van der Waals surface area (Å²) in [7, 11) is 0. The second-order valence-corrected chi connectivity index (χ2v) is 5.82. The fraction of sp³-hybridized carbons (Fsp3) is 0.438. The van der Waals surface area contributed by atoms with Crippen LogP contribution >= 0.6 is 0 Å². The number of rotatable bonds is 3. The van der Waals surface area contributed by atoms with E-state index in [2.05, 4.69) is 24.1 Å². The fourth-order valence-electron chi connectivity index (χ4n) is 3.04. The Morgan fingerprint density at radius 1 is 1.32 bits per heavy atom. The molecule has 1 fully saturated rings. The highest BCUT2D eigenvalue weighted by Gasteiger charge is 2.30.